The number of aromatic nitrogens is 2. The number of nitrogens with one attached hydrogen (secondary N) is 2. The van der Waals surface area contributed by atoms with Crippen LogP contribution < -0.4 is 5.56 Å². The minimum Gasteiger partial charge on any atom is -0.494 e. The summed E-state index contributed by atoms with van der Waals surface area (Å²) in [5, 5.41) is 9.80. The summed E-state index contributed by atoms with van der Waals surface area (Å²) in [6, 6.07) is 11.2. The highest BCUT2D eigenvalue weighted by atomic mass is 32.1. The Morgan fingerprint density at radius 3 is 2.19 bits per heavy atom. The van der Waals surface area contributed by atoms with E-state index in [9.17, 15) is 19.5 Å². The average molecular weight is 377 g/mol. The van der Waals surface area contributed by atoms with Crippen molar-refractivity contribution in [1.82, 2.24) is 9.97 Å². The Kier molecular flexibility index (Phi) is 3.89. The first-order valence-corrected chi connectivity index (χ1v) is 8.28. The Bertz CT molecular complexity index is 1270. The number of nitrogens with zero attached hydrogens (tertiary/aromatic N) is 1. The smallest absolute Gasteiger partial charge is 0.264 e. The molecule has 0 spiro atoms. The van der Waals surface area contributed by atoms with Crippen LogP contribution in [0.5, 0.6) is 5.88 Å². The van der Waals surface area contributed by atoms with Crippen LogP contribution in [0.3, 0.4) is 0 Å². The summed E-state index contributed by atoms with van der Waals surface area (Å²) in [5.74, 6) is -0.896. The Balaban J connectivity index is 1.76. The van der Waals surface area contributed by atoms with Gasteiger partial charge in [0.25, 0.3) is 5.56 Å². The maximum absolute atomic E-state index is 12.7. The second kappa shape index (κ2) is 6.26. The van der Waals surface area contributed by atoms with E-state index < -0.39 is 11.4 Å². The summed E-state index contributed by atoms with van der Waals surface area (Å²) in [7, 11) is 0. The minimum absolute atomic E-state index is 0.00814. The van der Waals surface area contributed by atoms with E-state index in [1.54, 1.807) is 30.3 Å². The SMILES string of the molecule is O=C1c2ccccc2C(=O)c2cc(N=Cc3c(O)[nH]c(=S)[nH]c3=O)ccc21. The zero-order valence-corrected chi connectivity index (χ0v) is 14.5. The number of rotatable bonds is 2. The molecule has 0 saturated heterocycles. The Labute approximate surface area is 157 Å². The van der Waals surface area contributed by atoms with Crippen LogP contribution in [-0.2, 0) is 0 Å². The van der Waals surface area contributed by atoms with Gasteiger partial charge in [-0.15, -0.1) is 0 Å². The molecule has 1 aliphatic carbocycles. The molecule has 3 N–H and O–H groups in total. The predicted molar refractivity (Wildman–Crippen MR) is 101 cm³/mol. The summed E-state index contributed by atoms with van der Waals surface area (Å²) >= 11 is 4.76. The fraction of sp³-hybridized carbons (Fsp3) is 0. The van der Waals surface area contributed by atoms with Gasteiger partial charge in [-0.25, -0.2) is 0 Å². The van der Waals surface area contributed by atoms with Gasteiger partial charge in [0, 0.05) is 28.5 Å². The van der Waals surface area contributed by atoms with E-state index in [4.69, 9.17) is 12.2 Å². The lowest BCUT2D eigenvalue weighted by molar-refractivity contribution is 0.0979. The van der Waals surface area contributed by atoms with Gasteiger partial charge in [0.15, 0.2) is 16.3 Å². The molecule has 7 nitrogen and oxygen atoms in total. The third-order valence-electron chi connectivity index (χ3n) is 4.21. The first-order chi connectivity index (χ1) is 13.0. The van der Waals surface area contributed by atoms with Gasteiger partial charge in [0.1, 0.15) is 5.56 Å². The van der Waals surface area contributed by atoms with Crippen molar-refractivity contribution in [1.29, 1.82) is 0 Å². The van der Waals surface area contributed by atoms with Crippen LogP contribution in [0.15, 0.2) is 52.3 Å². The highest BCUT2D eigenvalue weighted by Gasteiger charge is 2.29. The van der Waals surface area contributed by atoms with E-state index in [1.165, 1.54) is 12.1 Å². The Hall–Kier alpha value is -3.65. The Morgan fingerprint density at radius 1 is 0.889 bits per heavy atom. The van der Waals surface area contributed by atoms with Gasteiger partial charge in [-0.2, -0.15) is 0 Å². The van der Waals surface area contributed by atoms with Gasteiger partial charge in [-0.1, -0.05) is 24.3 Å². The topological polar surface area (TPSA) is 115 Å². The number of H-pyrrole nitrogens is 2. The second-order valence-electron chi connectivity index (χ2n) is 5.86. The molecule has 0 unspecified atom stereocenters. The number of hydrogen-bond acceptors (Lipinski definition) is 6. The molecular formula is C19H11N3O4S. The van der Waals surface area contributed by atoms with Crippen LogP contribution in [0.4, 0.5) is 5.69 Å². The van der Waals surface area contributed by atoms with Crippen molar-refractivity contribution in [3.8, 4) is 5.88 Å². The molecule has 8 heteroatoms. The number of ketones is 2. The second-order valence-corrected chi connectivity index (χ2v) is 6.27. The first kappa shape index (κ1) is 16.8. The molecule has 1 aromatic heterocycles. The van der Waals surface area contributed by atoms with Crippen molar-refractivity contribution in [3.63, 3.8) is 0 Å². The fourth-order valence-electron chi connectivity index (χ4n) is 2.91. The number of aromatic amines is 2. The zero-order valence-electron chi connectivity index (χ0n) is 13.6. The Morgan fingerprint density at radius 2 is 1.52 bits per heavy atom. The van der Waals surface area contributed by atoms with Gasteiger partial charge in [0.05, 0.1) is 5.69 Å². The number of benzene rings is 2. The van der Waals surface area contributed by atoms with E-state index in [1.807, 2.05) is 0 Å². The monoisotopic (exact) mass is 377 g/mol. The van der Waals surface area contributed by atoms with Gasteiger partial charge >= 0.3 is 0 Å². The summed E-state index contributed by atoms with van der Waals surface area (Å²) in [6.45, 7) is 0. The van der Waals surface area contributed by atoms with Gasteiger partial charge in [0.2, 0.25) is 5.88 Å². The van der Waals surface area contributed by atoms with Crippen LogP contribution in [0.25, 0.3) is 0 Å². The number of aliphatic imine (C=N–C) groups is 1. The van der Waals surface area contributed by atoms with Crippen molar-refractivity contribution < 1.29 is 14.7 Å². The lowest BCUT2D eigenvalue weighted by Crippen LogP contribution is -2.20. The van der Waals surface area contributed by atoms with Crippen LogP contribution in [0.1, 0.15) is 37.4 Å². The van der Waals surface area contributed by atoms with Crippen molar-refractivity contribution in [2.24, 2.45) is 4.99 Å². The van der Waals surface area contributed by atoms with E-state index in [-0.39, 0.29) is 27.5 Å². The van der Waals surface area contributed by atoms with Crippen molar-refractivity contribution >= 4 is 35.7 Å². The summed E-state index contributed by atoms with van der Waals surface area (Å²) in [4.78, 5) is 46.0. The molecular weight excluding hydrogens is 366 g/mol. The molecule has 2 aromatic carbocycles. The maximum atomic E-state index is 12.7. The quantitative estimate of drug-likeness (QED) is 0.367. The number of aromatic hydroxyl groups is 1. The number of carbonyl (C=O) groups excluding carboxylic acids is 2. The summed E-state index contributed by atoms with van der Waals surface area (Å²) < 4.78 is -0.00814. The lowest BCUT2D eigenvalue weighted by Gasteiger charge is -2.17. The van der Waals surface area contributed by atoms with Crippen molar-refractivity contribution in [2.75, 3.05) is 0 Å². The first-order valence-electron chi connectivity index (χ1n) is 7.88. The summed E-state index contributed by atoms with van der Waals surface area (Å²) in [6.07, 6.45) is 1.16. The molecule has 3 aromatic rings. The highest BCUT2D eigenvalue weighted by Crippen LogP contribution is 2.29. The summed E-state index contributed by atoms with van der Waals surface area (Å²) in [5.41, 5.74) is 0.937. The van der Waals surface area contributed by atoms with E-state index in [0.717, 1.165) is 6.21 Å². The van der Waals surface area contributed by atoms with E-state index in [0.29, 0.717) is 22.4 Å². The normalized spacial score (nSPS) is 12.9. The van der Waals surface area contributed by atoms with Crippen LogP contribution >= 0.6 is 12.2 Å². The molecule has 1 heterocycles. The number of carbonyl (C=O) groups is 2. The van der Waals surface area contributed by atoms with Crippen LogP contribution in [0, 0.1) is 4.77 Å². The van der Waals surface area contributed by atoms with Gasteiger partial charge in [-0.05, 0) is 30.4 Å². The number of fused-ring (bicyclic) bond motifs is 2. The minimum atomic E-state index is -0.599. The molecule has 0 atom stereocenters. The molecule has 132 valence electrons. The number of hydrogen-bond donors (Lipinski definition) is 3. The molecule has 27 heavy (non-hydrogen) atoms. The third kappa shape index (κ3) is 2.81. The molecule has 0 bridgehead atoms. The van der Waals surface area contributed by atoms with Crippen LogP contribution in [-0.4, -0.2) is 32.9 Å². The van der Waals surface area contributed by atoms with Crippen molar-refractivity contribution in [3.05, 3.63) is 85.4 Å². The van der Waals surface area contributed by atoms with Gasteiger partial charge in [-0.3, -0.25) is 24.4 Å². The van der Waals surface area contributed by atoms with Gasteiger partial charge < -0.3 is 10.1 Å². The van der Waals surface area contributed by atoms with Crippen LogP contribution in [0.2, 0.25) is 0 Å². The average Bonchev–Trinajstić information content (AvgIpc) is 2.65. The standard InChI is InChI=1S/C19H11N3O4S/c23-15-10-3-1-2-4-11(10)16(24)13-7-9(5-6-12(13)15)20-8-14-17(25)21-19(27)22-18(14)26/h1-8H,(H3,21,22,25,26,27). The zero-order chi connectivity index (χ0) is 19.1. The molecule has 0 saturated carbocycles. The van der Waals surface area contributed by atoms with E-state index in [2.05, 4.69) is 15.0 Å². The lowest BCUT2D eigenvalue weighted by atomic mass is 9.84. The maximum Gasteiger partial charge on any atom is 0.264 e. The highest BCUT2D eigenvalue weighted by molar-refractivity contribution is 7.71. The molecule has 1 aliphatic rings. The molecule has 0 radical (unpaired) electrons. The molecule has 0 fully saturated rings. The third-order valence-corrected chi connectivity index (χ3v) is 4.41. The van der Waals surface area contributed by atoms with E-state index >= 15 is 0 Å². The van der Waals surface area contributed by atoms with Crippen molar-refractivity contribution in [2.45, 2.75) is 0 Å². The molecule has 0 aliphatic heterocycles. The molecule has 4 rings (SSSR count). The largest absolute Gasteiger partial charge is 0.494 e. The molecule has 0 amide bonds. The predicted octanol–water partition coefficient (Wildman–Crippen LogP) is 2.66. The fourth-order valence-corrected chi connectivity index (χ4v) is 3.10.